The van der Waals surface area contributed by atoms with Crippen molar-refractivity contribution < 1.29 is 4.74 Å². The molecule has 1 unspecified atom stereocenters. The van der Waals surface area contributed by atoms with E-state index >= 15 is 0 Å². The molecular formula is C21H28N4O. The van der Waals surface area contributed by atoms with Gasteiger partial charge in [0.15, 0.2) is 11.6 Å². The smallest absolute Gasteiger partial charge is 0.168 e. The molecule has 0 bridgehead atoms. The molecule has 2 atom stereocenters. The molecule has 5 heteroatoms. The fraction of sp³-hybridized carbons (Fsp3) is 0.524. The fourth-order valence-electron chi connectivity index (χ4n) is 4.20. The first-order chi connectivity index (χ1) is 12.6. The number of ether oxygens (including phenoxy) is 1. The zero-order chi connectivity index (χ0) is 18.1. The summed E-state index contributed by atoms with van der Waals surface area (Å²) in [5.41, 5.74) is 4.90. The van der Waals surface area contributed by atoms with Gasteiger partial charge in [-0.15, -0.1) is 0 Å². The molecule has 2 aliphatic rings. The quantitative estimate of drug-likeness (QED) is 0.909. The van der Waals surface area contributed by atoms with Gasteiger partial charge in [0.2, 0.25) is 0 Å². The lowest BCUT2D eigenvalue weighted by Crippen LogP contribution is -2.36. The predicted octanol–water partition coefficient (Wildman–Crippen LogP) is 3.84. The number of nitrogens with zero attached hydrogens (tertiary/aromatic N) is 3. The third kappa shape index (κ3) is 3.54. The van der Waals surface area contributed by atoms with E-state index in [2.05, 4.69) is 59.2 Å². The van der Waals surface area contributed by atoms with Gasteiger partial charge in [0, 0.05) is 30.2 Å². The standard InChI is InChI=1S/C21H28N4O/c1-14-9-18(10-15(2)24-14)17-5-4-7-25(13-17)16(3)19-11-20-21(23-12-19)22-6-8-26-20/h9-12,16-17H,4-8,13H2,1-3H3,(H,22,23)/t16?,17-/m0/s1. The van der Waals surface area contributed by atoms with Crippen LogP contribution in [0.25, 0.3) is 0 Å². The maximum absolute atomic E-state index is 5.77. The number of aryl methyl sites for hydroxylation is 2. The summed E-state index contributed by atoms with van der Waals surface area (Å²) in [7, 11) is 0. The summed E-state index contributed by atoms with van der Waals surface area (Å²) in [5.74, 6) is 2.33. The van der Waals surface area contributed by atoms with Crippen LogP contribution in [0.15, 0.2) is 24.4 Å². The van der Waals surface area contributed by atoms with Crippen molar-refractivity contribution in [2.75, 3.05) is 31.6 Å². The maximum atomic E-state index is 5.77. The summed E-state index contributed by atoms with van der Waals surface area (Å²) < 4.78 is 5.77. The number of nitrogens with one attached hydrogen (secondary N) is 1. The lowest BCUT2D eigenvalue weighted by molar-refractivity contribution is 0.157. The number of fused-ring (bicyclic) bond motifs is 1. The van der Waals surface area contributed by atoms with E-state index in [-0.39, 0.29) is 0 Å². The van der Waals surface area contributed by atoms with Crippen LogP contribution in [0.1, 0.15) is 54.2 Å². The second-order valence-electron chi connectivity index (χ2n) is 7.58. The Balaban J connectivity index is 1.52. The summed E-state index contributed by atoms with van der Waals surface area (Å²) in [6.07, 6.45) is 4.48. The molecule has 1 fully saturated rings. The molecule has 0 aliphatic carbocycles. The van der Waals surface area contributed by atoms with E-state index in [1.807, 2.05) is 6.20 Å². The largest absolute Gasteiger partial charge is 0.488 e. The van der Waals surface area contributed by atoms with Crippen molar-refractivity contribution in [1.82, 2.24) is 14.9 Å². The highest BCUT2D eigenvalue weighted by atomic mass is 16.5. The molecule has 0 saturated carbocycles. The second-order valence-corrected chi connectivity index (χ2v) is 7.58. The zero-order valence-electron chi connectivity index (χ0n) is 16.0. The Morgan fingerprint density at radius 1 is 1.23 bits per heavy atom. The Labute approximate surface area is 155 Å². The Hall–Kier alpha value is -2.14. The summed E-state index contributed by atoms with van der Waals surface area (Å²) in [6, 6.07) is 7.01. The fourth-order valence-corrected chi connectivity index (χ4v) is 4.20. The molecule has 0 spiro atoms. The van der Waals surface area contributed by atoms with Crippen molar-refractivity contribution in [3.8, 4) is 5.75 Å². The number of pyridine rings is 2. The highest BCUT2D eigenvalue weighted by Gasteiger charge is 2.26. The van der Waals surface area contributed by atoms with Crippen molar-refractivity contribution in [3.63, 3.8) is 0 Å². The predicted molar refractivity (Wildman–Crippen MR) is 104 cm³/mol. The first-order valence-electron chi connectivity index (χ1n) is 9.66. The third-order valence-electron chi connectivity index (χ3n) is 5.58. The Bertz CT molecular complexity index is 771. The van der Waals surface area contributed by atoms with Crippen LogP contribution in [0, 0.1) is 13.8 Å². The van der Waals surface area contributed by atoms with E-state index in [4.69, 9.17) is 4.74 Å². The Morgan fingerprint density at radius 2 is 2.04 bits per heavy atom. The van der Waals surface area contributed by atoms with Crippen LogP contribution >= 0.6 is 0 Å². The molecule has 0 amide bonds. The SMILES string of the molecule is Cc1cc([C@H]2CCCN(C(C)c3cnc4c(c3)OCCN4)C2)cc(C)n1. The second kappa shape index (κ2) is 7.23. The van der Waals surface area contributed by atoms with Crippen molar-refractivity contribution >= 4 is 5.82 Å². The van der Waals surface area contributed by atoms with E-state index in [9.17, 15) is 0 Å². The highest BCUT2D eigenvalue weighted by Crippen LogP contribution is 2.34. The third-order valence-corrected chi connectivity index (χ3v) is 5.58. The van der Waals surface area contributed by atoms with Crippen LogP contribution in [0.3, 0.4) is 0 Å². The molecule has 4 rings (SSSR count). The molecule has 1 saturated heterocycles. The molecule has 1 N–H and O–H groups in total. The average Bonchev–Trinajstić information content (AvgIpc) is 2.66. The number of aromatic nitrogens is 2. The molecular weight excluding hydrogens is 324 g/mol. The van der Waals surface area contributed by atoms with E-state index in [0.29, 0.717) is 18.6 Å². The number of anilines is 1. The number of likely N-dealkylation sites (tertiary alicyclic amines) is 1. The van der Waals surface area contributed by atoms with E-state index in [1.54, 1.807) is 0 Å². The van der Waals surface area contributed by atoms with Crippen LogP contribution in [0.5, 0.6) is 5.75 Å². The monoisotopic (exact) mass is 352 g/mol. The highest BCUT2D eigenvalue weighted by molar-refractivity contribution is 5.52. The van der Waals surface area contributed by atoms with Gasteiger partial charge in [-0.3, -0.25) is 9.88 Å². The first kappa shape index (κ1) is 17.3. The Kier molecular flexibility index (Phi) is 4.81. The van der Waals surface area contributed by atoms with Crippen molar-refractivity contribution in [2.24, 2.45) is 0 Å². The maximum Gasteiger partial charge on any atom is 0.168 e. The van der Waals surface area contributed by atoms with E-state index < -0.39 is 0 Å². The molecule has 0 aromatic carbocycles. The van der Waals surface area contributed by atoms with Gasteiger partial charge in [0.25, 0.3) is 0 Å². The minimum Gasteiger partial charge on any atom is -0.488 e. The first-order valence-corrected chi connectivity index (χ1v) is 9.66. The van der Waals surface area contributed by atoms with Gasteiger partial charge in [-0.1, -0.05) is 0 Å². The molecule has 4 heterocycles. The molecule has 2 aliphatic heterocycles. The van der Waals surface area contributed by atoms with Crippen LogP contribution in [0.2, 0.25) is 0 Å². The minimum atomic E-state index is 0.338. The topological polar surface area (TPSA) is 50.3 Å². The van der Waals surface area contributed by atoms with E-state index in [0.717, 1.165) is 42.6 Å². The average molecular weight is 352 g/mol. The van der Waals surface area contributed by atoms with Crippen LogP contribution in [0.4, 0.5) is 5.82 Å². The van der Waals surface area contributed by atoms with Gasteiger partial charge in [0.05, 0.1) is 6.54 Å². The molecule has 0 radical (unpaired) electrons. The molecule has 138 valence electrons. The zero-order valence-corrected chi connectivity index (χ0v) is 16.0. The minimum absolute atomic E-state index is 0.338. The van der Waals surface area contributed by atoms with Gasteiger partial charge in [-0.2, -0.15) is 0 Å². The molecule has 2 aromatic heterocycles. The lowest BCUT2D eigenvalue weighted by Gasteiger charge is -2.37. The van der Waals surface area contributed by atoms with Gasteiger partial charge in [0.1, 0.15) is 6.61 Å². The summed E-state index contributed by atoms with van der Waals surface area (Å²) in [6.45, 7) is 10.2. The molecule has 26 heavy (non-hydrogen) atoms. The summed E-state index contributed by atoms with van der Waals surface area (Å²) in [4.78, 5) is 11.7. The van der Waals surface area contributed by atoms with Crippen LogP contribution in [-0.4, -0.2) is 41.1 Å². The summed E-state index contributed by atoms with van der Waals surface area (Å²) in [5, 5.41) is 3.29. The van der Waals surface area contributed by atoms with Crippen molar-refractivity contribution in [2.45, 2.75) is 45.6 Å². The van der Waals surface area contributed by atoms with Gasteiger partial charge in [-0.25, -0.2) is 4.98 Å². The lowest BCUT2D eigenvalue weighted by atomic mass is 9.89. The van der Waals surface area contributed by atoms with Gasteiger partial charge in [-0.05, 0) is 75.4 Å². The van der Waals surface area contributed by atoms with E-state index in [1.165, 1.54) is 24.0 Å². The van der Waals surface area contributed by atoms with Gasteiger partial charge < -0.3 is 10.1 Å². The number of hydrogen-bond donors (Lipinski definition) is 1. The Morgan fingerprint density at radius 3 is 2.85 bits per heavy atom. The summed E-state index contributed by atoms with van der Waals surface area (Å²) >= 11 is 0. The van der Waals surface area contributed by atoms with Crippen molar-refractivity contribution in [3.05, 3.63) is 46.9 Å². The normalized spacial score (nSPS) is 21.4. The number of piperidine rings is 1. The molecule has 5 nitrogen and oxygen atoms in total. The number of rotatable bonds is 3. The molecule has 2 aromatic rings. The van der Waals surface area contributed by atoms with Crippen LogP contribution in [-0.2, 0) is 0 Å². The van der Waals surface area contributed by atoms with Gasteiger partial charge >= 0.3 is 0 Å². The van der Waals surface area contributed by atoms with Crippen LogP contribution < -0.4 is 10.1 Å². The number of hydrogen-bond acceptors (Lipinski definition) is 5. The van der Waals surface area contributed by atoms with Crippen molar-refractivity contribution in [1.29, 1.82) is 0 Å².